The number of rotatable bonds is 3. The van der Waals surface area contributed by atoms with Crippen LogP contribution in [0, 0.1) is 0 Å². The summed E-state index contributed by atoms with van der Waals surface area (Å²) in [6.07, 6.45) is 8.05. The minimum atomic E-state index is 0.0788. The summed E-state index contributed by atoms with van der Waals surface area (Å²) >= 11 is 0. The van der Waals surface area contributed by atoms with Crippen molar-refractivity contribution in [3.63, 3.8) is 0 Å². The van der Waals surface area contributed by atoms with Gasteiger partial charge in [-0.2, -0.15) is 0 Å². The summed E-state index contributed by atoms with van der Waals surface area (Å²) in [7, 11) is 1.99. The summed E-state index contributed by atoms with van der Waals surface area (Å²) in [5, 5.41) is 0. The molecule has 0 aliphatic carbocycles. The van der Waals surface area contributed by atoms with Crippen LogP contribution < -0.4 is 15.5 Å². The first-order valence-electron chi connectivity index (χ1n) is 8.26. The minimum Gasteiger partial charge on any atom is -0.356 e. The highest BCUT2D eigenvalue weighted by molar-refractivity contribution is 5.52. The van der Waals surface area contributed by atoms with Gasteiger partial charge >= 0.3 is 0 Å². The Morgan fingerprint density at radius 3 is 2.48 bits per heavy atom. The van der Waals surface area contributed by atoms with Gasteiger partial charge in [-0.25, -0.2) is 15.0 Å². The fourth-order valence-electron chi connectivity index (χ4n) is 3.58. The van der Waals surface area contributed by atoms with E-state index in [-0.39, 0.29) is 12.0 Å². The molecule has 0 amide bonds. The van der Waals surface area contributed by atoms with Crippen molar-refractivity contribution >= 4 is 11.6 Å². The van der Waals surface area contributed by atoms with Crippen molar-refractivity contribution in [1.29, 1.82) is 0 Å². The number of hydrogen-bond acceptors (Lipinski definition) is 6. The zero-order chi connectivity index (χ0) is 15.8. The molecule has 2 saturated heterocycles. The van der Waals surface area contributed by atoms with Crippen LogP contribution in [0.2, 0.25) is 0 Å². The molecule has 2 N–H and O–H groups in total. The van der Waals surface area contributed by atoms with Gasteiger partial charge in [-0.15, -0.1) is 0 Å². The number of aromatic nitrogens is 4. The van der Waals surface area contributed by atoms with E-state index < -0.39 is 0 Å². The van der Waals surface area contributed by atoms with Crippen LogP contribution in [0.1, 0.15) is 24.5 Å². The van der Waals surface area contributed by atoms with Crippen LogP contribution in [0.4, 0.5) is 11.6 Å². The molecule has 2 aliphatic rings. The topological polar surface area (TPSA) is 76.1 Å². The first-order valence-corrected chi connectivity index (χ1v) is 8.26. The van der Waals surface area contributed by atoms with Gasteiger partial charge in [-0.1, -0.05) is 0 Å². The summed E-state index contributed by atoms with van der Waals surface area (Å²) in [5.41, 5.74) is 7.43. The number of nitrogens with zero attached hydrogens (tertiary/aromatic N) is 6. The molecule has 2 aromatic heterocycles. The fraction of sp³-hybridized carbons (Fsp3) is 0.562. The zero-order valence-corrected chi connectivity index (χ0v) is 13.5. The molecule has 2 aliphatic heterocycles. The number of anilines is 2. The van der Waals surface area contributed by atoms with Crippen LogP contribution in [0.25, 0.3) is 0 Å². The summed E-state index contributed by atoms with van der Waals surface area (Å²) < 4.78 is 1.97. The molecule has 0 saturated carbocycles. The van der Waals surface area contributed by atoms with Gasteiger partial charge in [-0.3, -0.25) is 0 Å². The van der Waals surface area contributed by atoms with E-state index in [2.05, 4.69) is 37.0 Å². The first kappa shape index (κ1) is 14.4. The molecule has 23 heavy (non-hydrogen) atoms. The highest BCUT2D eigenvalue weighted by Crippen LogP contribution is 2.29. The summed E-state index contributed by atoms with van der Waals surface area (Å²) in [4.78, 5) is 18.0. The second-order valence-electron chi connectivity index (χ2n) is 6.57. The molecule has 0 unspecified atom stereocenters. The van der Waals surface area contributed by atoms with E-state index in [4.69, 9.17) is 5.73 Å². The predicted molar refractivity (Wildman–Crippen MR) is 89.6 cm³/mol. The van der Waals surface area contributed by atoms with Crippen LogP contribution in [0.5, 0.6) is 0 Å². The lowest BCUT2D eigenvalue weighted by Gasteiger charge is -2.20. The normalized spacial score (nSPS) is 24.6. The zero-order valence-electron chi connectivity index (χ0n) is 13.5. The van der Waals surface area contributed by atoms with E-state index in [1.165, 1.54) is 12.8 Å². The monoisotopic (exact) mass is 313 g/mol. The van der Waals surface area contributed by atoms with Crippen LogP contribution in [-0.4, -0.2) is 51.7 Å². The molecule has 0 radical (unpaired) electrons. The molecule has 122 valence electrons. The Labute approximate surface area is 136 Å². The summed E-state index contributed by atoms with van der Waals surface area (Å²) in [6, 6.07) is 2.17. The Morgan fingerprint density at radius 2 is 1.78 bits per heavy atom. The predicted octanol–water partition coefficient (Wildman–Crippen LogP) is 0.741. The molecule has 7 heteroatoms. The largest absolute Gasteiger partial charge is 0.356 e. The molecular weight excluding hydrogens is 290 g/mol. The third-order valence-corrected chi connectivity index (χ3v) is 4.86. The second kappa shape index (κ2) is 5.81. The quantitative estimate of drug-likeness (QED) is 0.901. The van der Waals surface area contributed by atoms with Crippen molar-refractivity contribution in [1.82, 2.24) is 19.5 Å². The van der Waals surface area contributed by atoms with E-state index >= 15 is 0 Å². The van der Waals surface area contributed by atoms with Crippen molar-refractivity contribution in [2.75, 3.05) is 36.0 Å². The van der Waals surface area contributed by atoms with E-state index in [1.54, 1.807) is 6.33 Å². The van der Waals surface area contributed by atoms with E-state index in [0.29, 0.717) is 0 Å². The van der Waals surface area contributed by atoms with Gasteiger partial charge in [0.05, 0.1) is 12.0 Å². The van der Waals surface area contributed by atoms with Gasteiger partial charge in [0.25, 0.3) is 0 Å². The van der Waals surface area contributed by atoms with Crippen LogP contribution in [0.3, 0.4) is 0 Å². The Morgan fingerprint density at radius 1 is 1.04 bits per heavy atom. The third kappa shape index (κ3) is 2.76. The molecule has 7 nitrogen and oxygen atoms in total. The van der Waals surface area contributed by atoms with Crippen LogP contribution >= 0.6 is 0 Å². The molecule has 2 aromatic rings. The van der Waals surface area contributed by atoms with Crippen molar-refractivity contribution in [3.05, 3.63) is 30.6 Å². The molecule has 0 spiro atoms. The van der Waals surface area contributed by atoms with Crippen LogP contribution in [0.15, 0.2) is 24.9 Å². The summed E-state index contributed by atoms with van der Waals surface area (Å²) in [5.74, 6) is 2.25. The Kier molecular flexibility index (Phi) is 3.65. The van der Waals surface area contributed by atoms with Gasteiger partial charge < -0.3 is 20.1 Å². The molecule has 2 fully saturated rings. The van der Waals surface area contributed by atoms with E-state index in [1.807, 2.05) is 17.9 Å². The van der Waals surface area contributed by atoms with Crippen molar-refractivity contribution < 1.29 is 0 Å². The lowest BCUT2D eigenvalue weighted by Crippen LogP contribution is -2.29. The van der Waals surface area contributed by atoms with Crippen LogP contribution in [-0.2, 0) is 7.05 Å². The molecule has 2 atom stereocenters. The third-order valence-electron chi connectivity index (χ3n) is 4.86. The smallest absolute Gasteiger partial charge is 0.134 e. The van der Waals surface area contributed by atoms with Gasteiger partial charge in [0.1, 0.15) is 18.0 Å². The lowest BCUT2D eigenvalue weighted by molar-refractivity contribution is 0.639. The maximum absolute atomic E-state index is 6.36. The minimum absolute atomic E-state index is 0.0788. The van der Waals surface area contributed by atoms with Gasteiger partial charge in [0, 0.05) is 57.4 Å². The number of aryl methyl sites for hydroxylation is 1. The average molecular weight is 313 g/mol. The maximum Gasteiger partial charge on any atom is 0.134 e. The molecule has 0 bridgehead atoms. The first-order chi connectivity index (χ1) is 11.2. The summed E-state index contributed by atoms with van der Waals surface area (Å²) in [6.45, 7) is 3.84. The average Bonchev–Trinajstić information content (AvgIpc) is 3.28. The highest BCUT2D eigenvalue weighted by atomic mass is 15.3. The SMILES string of the molecule is Cn1cnc([C@@H]2CN(c3cc(N4CCCC4)ncn3)C[C@H]2N)c1. The molecule has 0 aromatic carbocycles. The van der Waals surface area contributed by atoms with E-state index in [9.17, 15) is 0 Å². The Hall–Kier alpha value is -2.15. The van der Waals surface area contributed by atoms with Crippen molar-refractivity contribution in [3.8, 4) is 0 Å². The number of hydrogen-bond donors (Lipinski definition) is 1. The lowest BCUT2D eigenvalue weighted by atomic mass is 10.0. The number of nitrogens with two attached hydrogens (primary N) is 1. The van der Waals surface area contributed by atoms with Crippen molar-refractivity contribution in [2.45, 2.75) is 24.8 Å². The Balaban J connectivity index is 1.53. The molecular formula is C16H23N7. The van der Waals surface area contributed by atoms with Gasteiger partial charge in [-0.05, 0) is 12.8 Å². The van der Waals surface area contributed by atoms with Gasteiger partial charge in [0.15, 0.2) is 0 Å². The number of imidazole rings is 1. The van der Waals surface area contributed by atoms with Gasteiger partial charge in [0.2, 0.25) is 0 Å². The fourth-order valence-corrected chi connectivity index (χ4v) is 3.58. The molecule has 4 heterocycles. The van der Waals surface area contributed by atoms with Crippen molar-refractivity contribution in [2.24, 2.45) is 12.8 Å². The highest BCUT2D eigenvalue weighted by Gasteiger charge is 2.33. The maximum atomic E-state index is 6.36. The Bertz CT molecular complexity index is 677. The van der Waals surface area contributed by atoms with E-state index in [0.717, 1.165) is 43.5 Å². The molecule has 4 rings (SSSR count). The second-order valence-corrected chi connectivity index (χ2v) is 6.57. The standard InChI is InChI=1S/C16H23N7/c1-21-9-14(20-11-21)12-7-23(8-13(12)17)16-6-15(18-10-19-16)22-4-2-3-5-22/h6,9-13H,2-5,7-8,17H2,1H3/t12-,13-/m1/s1.